The van der Waals surface area contributed by atoms with Crippen LogP contribution in [0.1, 0.15) is 13.3 Å². The molecule has 0 bridgehead atoms. The third-order valence-electron chi connectivity index (χ3n) is 2.96. The summed E-state index contributed by atoms with van der Waals surface area (Å²) >= 11 is 0. The van der Waals surface area contributed by atoms with Gasteiger partial charge in [-0.1, -0.05) is 37.8 Å². The monoisotopic (exact) mass is 221 g/mol. The Labute approximate surface area is 94.1 Å². The molecule has 1 rings (SSSR count). The molecular formula is C12H15NO3. The largest absolute Gasteiger partial charge is 0.478 e. The molecule has 0 aliphatic heterocycles. The van der Waals surface area contributed by atoms with Crippen molar-refractivity contribution in [2.24, 2.45) is 11.1 Å². The van der Waals surface area contributed by atoms with Crippen molar-refractivity contribution in [3.63, 3.8) is 0 Å². The van der Waals surface area contributed by atoms with Gasteiger partial charge in [-0.05, 0) is 6.42 Å². The number of carboxylic acid groups (broad SMARTS) is 1. The van der Waals surface area contributed by atoms with Gasteiger partial charge in [-0.25, -0.2) is 4.79 Å². The average Bonchev–Trinajstić information content (AvgIpc) is 2.28. The summed E-state index contributed by atoms with van der Waals surface area (Å²) in [7, 11) is 0. The lowest BCUT2D eigenvalue weighted by Crippen LogP contribution is -2.47. The number of hydrogen-bond acceptors (Lipinski definition) is 3. The Bertz CT molecular complexity index is 395. The number of ketones is 1. The molecule has 0 radical (unpaired) electrons. The fourth-order valence-corrected chi connectivity index (χ4v) is 1.81. The van der Waals surface area contributed by atoms with E-state index in [0.717, 1.165) is 0 Å². The van der Waals surface area contributed by atoms with Crippen LogP contribution in [0.4, 0.5) is 0 Å². The van der Waals surface area contributed by atoms with Crippen LogP contribution in [0.2, 0.25) is 0 Å². The minimum atomic E-state index is -1.30. The van der Waals surface area contributed by atoms with Gasteiger partial charge in [0.1, 0.15) is 0 Å². The highest BCUT2D eigenvalue weighted by atomic mass is 16.4. The van der Waals surface area contributed by atoms with Gasteiger partial charge in [0, 0.05) is 6.04 Å². The van der Waals surface area contributed by atoms with E-state index < -0.39 is 28.8 Å². The van der Waals surface area contributed by atoms with Gasteiger partial charge in [-0.15, -0.1) is 0 Å². The zero-order chi connectivity index (χ0) is 12.3. The molecule has 2 unspecified atom stereocenters. The molecule has 4 nitrogen and oxygen atoms in total. The van der Waals surface area contributed by atoms with E-state index in [-0.39, 0.29) is 0 Å². The van der Waals surface area contributed by atoms with E-state index in [1.165, 1.54) is 0 Å². The highest BCUT2D eigenvalue weighted by molar-refractivity contribution is 6.19. The molecule has 0 saturated heterocycles. The van der Waals surface area contributed by atoms with Crippen LogP contribution in [0.3, 0.4) is 0 Å². The van der Waals surface area contributed by atoms with E-state index in [0.29, 0.717) is 6.42 Å². The van der Waals surface area contributed by atoms with Crippen LogP contribution in [0, 0.1) is 5.41 Å². The highest BCUT2D eigenvalue weighted by Crippen LogP contribution is 2.34. The van der Waals surface area contributed by atoms with E-state index in [9.17, 15) is 9.59 Å². The fraction of sp³-hybridized carbons (Fsp3) is 0.333. The van der Waals surface area contributed by atoms with Gasteiger partial charge >= 0.3 is 5.97 Å². The predicted molar refractivity (Wildman–Crippen MR) is 60.8 cm³/mol. The molecule has 0 fully saturated rings. The molecule has 0 aromatic heterocycles. The van der Waals surface area contributed by atoms with Gasteiger partial charge in [0.2, 0.25) is 0 Å². The molecule has 86 valence electrons. The van der Waals surface area contributed by atoms with Gasteiger partial charge in [0.05, 0.1) is 11.0 Å². The molecule has 4 heteroatoms. The highest BCUT2D eigenvalue weighted by Gasteiger charge is 2.42. The fourth-order valence-electron chi connectivity index (χ4n) is 1.81. The average molecular weight is 221 g/mol. The summed E-state index contributed by atoms with van der Waals surface area (Å²) in [5, 5.41) is 8.78. The van der Waals surface area contributed by atoms with Crippen molar-refractivity contribution < 1.29 is 14.7 Å². The minimum absolute atomic E-state index is 0.419. The summed E-state index contributed by atoms with van der Waals surface area (Å²) < 4.78 is 0. The van der Waals surface area contributed by atoms with Crippen molar-refractivity contribution in [2.45, 2.75) is 19.4 Å². The third kappa shape index (κ3) is 1.84. The summed E-state index contributed by atoms with van der Waals surface area (Å²) in [6, 6.07) is -0.508. The van der Waals surface area contributed by atoms with Crippen LogP contribution in [0.15, 0.2) is 36.5 Å². The van der Waals surface area contributed by atoms with E-state index in [4.69, 9.17) is 10.8 Å². The first-order chi connectivity index (χ1) is 7.45. The summed E-state index contributed by atoms with van der Waals surface area (Å²) in [4.78, 5) is 22.8. The number of carboxylic acids is 1. The third-order valence-corrected chi connectivity index (χ3v) is 2.96. The number of allylic oxidation sites excluding steroid dienone is 2. The quantitative estimate of drug-likeness (QED) is 0.422. The Hall–Kier alpha value is -1.68. The van der Waals surface area contributed by atoms with E-state index in [1.54, 1.807) is 31.2 Å². The first-order valence-corrected chi connectivity index (χ1v) is 5.04. The van der Waals surface area contributed by atoms with E-state index >= 15 is 0 Å². The van der Waals surface area contributed by atoms with Crippen LogP contribution in [-0.2, 0) is 9.59 Å². The maximum Gasteiger partial charge on any atom is 0.338 e. The molecule has 0 spiro atoms. The van der Waals surface area contributed by atoms with Crippen LogP contribution in [-0.4, -0.2) is 22.9 Å². The van der Waals surface area contributed by atoms with Crippen molar-refractivity contribution in [3.8, 4) is 0 Å². The smallest absolute Gasteiger partial charge is 0.338 e. The van der Waals surface area contributed by atoms with Crippen molar-refractivity contribution in [3.05, 3.63) is 36.5 Å². The maximum atomic E-state index is 12.1. The summed E-state index contributed by atoms with van der Waals surface area (Å²) in [6.07, 6.45) is 7.25. The molecule has 0 heterocycles. The van der Waals surface area contributed by atoms with Crippen molar-refractivity contribution in [1.29, 1.82) is 0 Å². The molecule has 1 aliphatic carbocycles. The Morgan fingerprint density at radius 2 is 2.12 bits per heavy atom. The minimum Gasteiger partial charge on any atom is -0.478 e. The lowest BCUT2D eigenvalue weighted by Gasteiger charge is -2.34. The second kappa shape index (κ2) is 4.45. The van der Waals surface area contributed by atoms with Gasteiger partial charge < -0.3 is 10.8 Å². The van der Waals surface area contributed by atoms with Crippen LogP contribution in [0.25, 0.3) is 0 Å². The number of rotatable bonds is 4. The lowest BCUT2D eigenvalue weighted by molar-refractivity contribution is -0.136. The SMILES string of the molecule is C=C(C(=O)O)C(=O)C1(CC)C=CC=CC1N. The molecule has 16 heavy (non-hydrogen) atoms. The molecule has 0 amide bonds. The molecule has 0 saturated carbocycles. The summed E-state index contributed by atoms with van der Waals surface area (Å²) in [6.45, 7) is 5.10. The van der Waals surface area contributed by atoms with Crippen molar-refractivity contribution in [1.82, 2.24) is 0 Å². The van der Waals surface area contributed by atoms with Crippen LogP contribution >= 0.6 is 0 Å². The topological polar surface area (TPSA) is 80.4 Å². The van der Waals surface area contributed by atoms with Crippen molar-refractivity contribution in [2.75, 3.05) is 0 Å². The zero-order valence-corrected chi connectivity index (χ0v) is 9.14. The molecule has 1 aliphatic rings. The number of carbonyl (C=O) groups is 2. The second-order valence-corrected chi connectivity index (χ2v) is 3.78. The van der Waals surface area contributed by atoms with Gasteiger partial charge in [0.25, 0.3) is 0 Å². The summed E-state index contributed by atoms with van der Waals surface area (Å²) in [5.74, 6) is -1.82. The second-order valence-electron chi connectivity index (χ2n) is 3.78. The number of hydrogen-bond donors (Lipinski definition) is 2. The number of aliphatic carboxylic acids is 1. The predicted octanol–water partition coefficient (Wildman–Crippen LogP) is 1.05. The van der Waals surface area contributed by atoms with E-state index in [1.807, 2.05) is 0 Å². The maximum absolute atomic E-state index is 12.1. The van der Waals surface area contributed by atoms with Gasteiger partial charge in [0.15, 0.2) is 5.78 Å². The molecule has 3 N–H and O–H groups in total. The molecular weight excluding hydrogens is 206 g/mol. The van der Waals surface area contributed by atoms with E-state index in [2.05, 4.69) is 6.58 Å². The lowest BCUT2D eigenvalue weighted by atomic mass is 9.70. The molecule has 2 atom stereocenters. The summed E-state index contributed by atoms with van der Waals surface area (Å²) in [5.41, 5.74) is 4.48. The Morgan fingerprint density at radius 1 is 1.50 bits per heavy atom. The van der Waals surface area contributed by atoms with Gasteiger partial charge in [-0.2, -0.15) is 0 Å². The Balaban J connectivity index is 3.11. The number of Topliss-reactive ketones (excluding diaryl/α,β-unsaturated/α-hetero) is 1. The number of nitrogens with two attached hydrogens (primary N) is 1. The van der Waals surface area contributed by atoms with Gasteiger partial charge in [-0.3, -0.25) is 4.79 Å². The van der Waals surface area contributed by atoms with Crippen LogP contribution in [0.5, 0.6) is 0 Å². The number of carbonyl (C=O) groups excluding carboxylic acids is 1. The standard InChI is InChI=1S/C12H15NO3/c1-3-12(7-5-4-6-9(12)13)10(14)8(2)11(15)16/h4-7,9H,2-3,13H2,1H3,(H,15,16). The van der Waals surface area contributed by atoms with Crippen LogP contribution < -0.4 is 5.73 Å². The Kier molecular flexibility index (Phi) is 3.44. The first kappa shape index (κ1) is 12.4. The normalized spacial score (nSPS) is 27.8. The zero-order valence-electron chi connectivity index (χ0n) is 9.14. The molecule has 0 aromatic carbocycles. The molecule has 0 aromatic rings. The Morgan fingerprint density at radius 3 is 2.56 bits per heavy atom. The van der Waals surface area contributed by atoms with Crippen molar-refractivity contribution >= 4 is 11.8 Å². The first-order valence-electron chi connectivity index (χ1n) is 5.04.